The Kier molecular flexibility index (Phi) is 4.98. The van der Waals surface area contributed by atoms with Gasteiger partial charge in [0.25, 0.3) is 0 Å². The van der Waals surface area contributed by atoms with E-state index in [2.05, 4.69) is 5.32 Å². The van der Waals surface area contributed by atoms with E-state index >= 15 is 0 Å². The molecule has 0 rings (SSSR count). The molecular weight excluding hydrogens is 190 g/mol. The molecule has 0 saturated carbocycles. The predicted molar refractivity (Wildman–Crippen MR) is 61.5 cm³/mol. The van der Waals surface area contributed by atoms with Crippen molar-refractivity contribution in [3.05, 3.63) is 0 Å². The number of carbonyl (C=O) groups is 2. The smallest absolute Gasteiger partial charge is 0.221 e. The molecule has 3 heteroatoms. The SMILES string of the molecule is CC(C)C(=O)C(C)NC(=O)CC(C)(C)C. The third-order valence-electron chi connectivity index (χ3n) is 2.06. The molecular formula is C12H23NO2. The van der Waals surface area contributed by atoms with Crippen molar-refractivity contribution in [2.45, 2.75) is 54.0 Å². The van der Waals surface area contributed by atoms with Crippen LogP contribution >= 0.6 is 0 Å². The maximum Gasteiger partial charge on any atom is 0.221 e. The minimum atomic E-state index is -0.375. The summed E-state index contributed by atoms with van der Waals surface area (Å²) >= 11 is 0. The predicted octanol–water partition coefficient (Wildman–Crippen LogP) is 2.15. The summed E-state index contributed by atoms with van der Waals surface area (Å²) in [5.74, 6) is -0.00352. The molecule has 0 saturated heterocycles. The van der Waals surface area contributed by atoms with Crippen molar-refractivity contribution < 1.29 is 9.59 Å². The summed E-state index contributed by atoms with van der Waals surface area (Å²) in [6, 6.07) is -0.375. The number of carbonyl (C=O) groups excluding carboxylic acids is 2. The van der Waals surface area contributed by atoms with Gasteiger partial charge in [0.2, 0.25) is 5.91 Å². The minimum Gasteiger partial charge on any atom is -0.347 e. The molecule has 1 atom stereocenters. The second-order valence-electron chi connectivity index (χ2n) is 5.58. The Morgan fingerprint density at radius 1 is 1.13 bits per heavy atom. The van der Waals surface area contributed by atoms with E-state index in [1.807, 2.05) is 34.6 Å². The van der Waals surface area contributed by atoms with Gasteiger partial charge in [-0.15, -0.1) is 0 Å². The lowest BCUT2D eigenvalue weighted by atomic mass is 9.91. The standard InChI is InChI=1S/C12H23NO2/c1-8(2)11(15)9(3)13-10(14)7-12(4,5)6/h8-9H,7H2,1-6H3,(H,13,14). The highest BCUT2D eigenvalue weighted by Crippen LogP contribution is 2.18. The van der Waals surface area contributed by atoms with Gasteiger partial charge in [-0.25, -0.2) is 0 Å². The highest BCUT2D eigenvalue weighted by molar-refractivity contribution is 5.89. The molecule has 1 amide bonds. The van der Waals surface area contributed by atoms with Crippen LogP contribution in [0, 0.1) is 11.3 Å². The number of ketones is 1. The van der Waals surface area contributed by atoms with Gasteiger partial charge in [0.1, 0.15) is 0 Å². The summed E-state index contributed by atoms with van der Waals surface area (Å²) in [6.45, 7) is 11.4. The lowest BCUT2D eigenvalue weighted by Gasteiger charge is -2.20. The normalized spacial score (nSPS) is 13.8. The van der Waals surface area contributed by atoms with Crippen molar-refractivity contribution in [2.24, 2.45) is 11.3 Å². The second kappa shape index (κ2) is 5.29. The molecule has 0 aliphatic carbocycles. The quantitative estimate of drug-likeness (QED) is 0.777. The molecule has 0 aromatic heterocycles. The Balaban J connectivity index is 4.14. The molecule has 3 nitrogen and oxygen atoms in total. The molecule has 0 spiro atoms. The largest absolute Gasteiger partial charge is 0.347 e. The zero-order valence-electron chi connectivity index (χ0n) is 10.7. The van der Waals surface area contributed by atoms with Gasteiger partial charge >= 0.3 is 0 Å². The van der Waals surface area contributed by atoms with E-state index in [1.54, 1.807) is 6.92 Å². The summed E-state index contributed by atoms with van der Waals surface area (Å²) in [6.07, 6.45) is 0.447. The Bertz CT molecular complexity index is 238. The van der Waals surface area contributed by atoms with E-state index in [0.717, 1.165) is 0 Å². The third kappa shape index (κ3) is 6.26. The van der Waals surface area contributed by atoms with Crippen LogP contribution in [0.1, 0.15) is 48.0 Å². The first-order chi connectivity index (χ1) is 6.63. The van der Waals surface area contributed by atoms with Crippen molar-refractivity contribution >= 4 is 11.7 Å². The summed E-state index contributed by atoms with van der Waals surface area (Å²) in [5.41, 5.74) is -0.0370. The molecule has 15 heavy (non-hydrogen) atoms. The maximum atomic E-state index is 11.5. The van der Waals surface area contributed by atoms with Crippen LogP contribution < -0.4 is 5.32 Å². The average Bonchev–Trinajstić information content (AvgIpc) is 1.98. The van der Waals surface area contributed by atoms with Gasteiger partial charge in [-0.05, 0) is 12.3 Å². The Morgan fingerprint density at radius 2 is 1.60 bits per heavy atom. The fraction of sp³-hybridized carbons (Fsp3) is 0.833. The summed E-state index contributed by atoms with van der Waals surface area (Å²) in [7, 11) is 0. The molecule has 0 bridgehead atoms. The van der Waals surface area contributed by atoms with Gasteiger partial charge in [-0.1, -0.05) is 34.6 Å². The summed E-state index contributed by atoms with van der Waals surface area (Å²) in [5, 5.41) is 2.73. The fourth-order valence-corrected chi connectivity index (χ4v) is 1.35. The van der Waals surface area contributed by atoms with Crippen LogP contribution in [-0.4, -0.2) is 17.7 Å². The highest BCUT2D eigenvalue weighted by atomic mass is 16.2. The van der Waals surface area contributed by atoms with Crippen molar-refractivity contribution in [3.63, 3.8) is 0 Å². The minimum absolute atomic E-state index is 0.0325. The zero-order chi connectivity index (χ0) is 12.2. The van der Waals surface area contributed by atoms with Gasteiger partial charge < -0.3 is 5.32 Å². The van der Waals surface area contributed by atoms with Crippen molar-refractivity contribution in [1.29, 1.82) is 0 Å². The molecule has 0 radical (unpaired) electrons. The molecule has 0 heterocycles. The molecule has 1 unspecified atom stereocenters. The van der Waals surface area contributed by atoms with E-state index in [0.29, 0.717) is 6.42 Å². The van der Waals surface area contributed by atoms with E-state index in [-0.39, 0.29) is 29.1 Å². The zero-order valence-corrected chi connectivity index (χ0v) is 10.7. The van der Waals surface area contributed by atoms with Crippen LogP contribution in [0.25, 0.3) is 0 Å². The number of nitrogens with one attached hydrogen (secondary N) is 1. The van der Waals surface area contributed by atoms with E-state index in [4.69, 9.17) is 0 Å². The third-order valence-corrected chi connectivity index (χ3v) is 2.06. The van der Waals surface area contributed by atoms with Gasteiger partial charge in [0, 0.05) is 12.3 Å². The van der Waals surface area contributed by atoms with Crippen molar-refractivity contribution in [2.75, 3.05) is 0 Å². The Morgan fingerprint density at radius 3 is 1.93 bits per heavy atom. The van der Waals surface area contributed by atoms with E-state index in [1.165, 1.54) is 0 Å². The van der Waals surface area contributed by atoms with Crippen molar-refractivity contribution in [3.8, 4) is 0 Å². The first-order valence-corrected chi connectivity index (χ1v) is 5.46. The van der Waals surface area contributed by atoms with Gasteiger partial charge in [-0.3, -0.25) is 9.59 Å². The Labute approximate surface area is 92.6 Å². The highest BCUT2D eigenvalue weighted by Gasteiger charge is 2.21. The molecule has 1 N–H and O–H groups in total. The van der Waals surface area contributed by atoms with Gasteiger partial charge in [0.15, 0.2) is 5.78 Å². The average molecular weight is 213 g/mol. The number of rotatable bonds is 4. The van der Waals surface area contributed by atoms with E-state index in [9.17, 15) is 9.59 Å². The topological polar surface area (TPSA) is 46.2 Å². The van der Waals surface area contributed by atoms with Crippen molar-refractivity contribution in [1.82, 2.24) is 5.32 Å². The molecule has 0 aliphatic rings. The number of hydrogen-bond donors (Lipinski definition) is 1. The number of hydrogen-bond acceptors (Lipinski definition) is 2. The monoisotopic (exact) mass is 213 g/mol. The Hall–Kier alpha value is -0.860. The lowest BCUT2D eigenvalue weighted by Crippen LogP contribution is -2.41. The lowest BCUT2D eigenvalue weighted by molar-refractivity contribution is -0.129. The van der Waals surface area contributed by atoms with Crippen LogP contribution in [0.5, 0.6) is 0 Å². The van der Waals surface area contributed by atoms with Crippen LogP contribution in [0.15, 0.2) is 0 Å². The van der Waals surface area contributed by atoms with Crippen LogP contribution in [-0.2, 0) is 9.59 Å². The maximum absolute atomic E-state index is 11.5. The van der Waals surface area contributed by atoms with Crippen LogP contribution in [0.4, 0.5) is 0 Å². The van der Waals surface area contributed by atoms with Crippen LogP contribution in [0.3, 0.4) is 0 Å². The van der Waals surface area contributed by atoms with Crippen LogP contribution in [0.2, 0.25) is 0 Å². The van der Waals surface area contributed by atoms with E-state index < -0.39 is 0 Å². The summed E-state index contributed by atoms with van der Waals surface area (Å²) in [4.78, 5) is 23.1. The molecule has 88 valence electrons. The molecule has 0 aromatic carbocycles. The number of amides is 1. The molecule has 0 fully saturated rings. The summed E-state index contributed by atoms with van der Waals surface area (Å²) < 4.78 is 0. The van der Waals surface area contributed by atoms with Gasteiger partial charge in [0.05, 0.1) is 6.04 Å². The number of Topliss-reactive ketones (excluding diaryl/α,β-unsaturated/α-hetero) is 1. The second-order valence-corrected chi connectivity index (χ2v) is 5.58. The fourth-order valence-electron chi connectivity index (χ4n) is 1.35. The van der Waals surface area contributed by atoms with Gasteiger partial charge in [-0.2, -0.15) is 0 Å². The molecule has 0 aliphatic heterocycles. The first-order valence-electron chi connectivity index (χ1n) is 5.46. The first kappa shape index (κ1) is 14.1. The molecule has 0 aromatic rings.